The van der Waals surface area contributed by atoms with E-state index in [1.54, 1.807) is 0 Å². The van der Waals surface area contributed by atoms with Crippen molar-refractivity contribution < 1.29 is 13.5 Å². The van der Waals surface area contributed by atoms with Crippen LogP contribution in [0.25, 0.3) is 0 Å². The minimum atomic E-state index is -3.22. The van der Waals surface area contributed by atoms with Gasteiger partial charge in [0.25, 0.3) is 0 Å². The molecule has 0 aromatic heterocycles. The number of benzene rings is 1. The van der Waals surface area contributed by atoms with Gasteiger partial charge in [-0.05, 0) is 36.8 Å². The van der Waals surface area contributed by atoms with E-state index in [1.807, 2.05) is 24.3 Å². The quantitative estimate of drug-likeness (QED) is 0.912. The van der Waals surface area contributed by atoms with E-state index in [0.717, 1.165) is 18.4 Å². The molecule has 1 aliphatic rings. The lowest BCUT2D eigenvalue weighted by Crippen LogP contribution is -2.39. The predicted molar refractivity (Wildman–Crippen MR) is 72.2 cm³/mol. The predicted octanol–water partition coefficient (Wildman–Crippen LogP) is 2.03. The van der Waals surface area contributed by atoms with Gasteiger partial charge in [0.05, 0.1) is 5.25 Å². The summed E-state index contributed by atoms with van der Waals surface area (Å²) in [7, 11) is -3.22. The van der Waals surface area contributed by atoms with Gasteiger partial charge in [-0.25, -0.2) is 8.42 Å². The van der Waals surface area contributed by atoms with Gasteiger partial charge in [-0.1, -0.05) is 31.2 Å². The number of rotatable bonds is 3. The molecule has 2 atom stereocenters. The molecule has 0 bridgehead atoms. The maximum atomic E-state index is 11.8. The van der Waals surface area contributed by atoms with Crippen LogP contribution in [-0.2, 0) is 21.9 Å². The van der Waals surface area contributed by atoms with E-state index in [2.05, 4.69) is 6.92 Å². The average molecular weight is 268 g/mol. The molecule has 1 fully saturated rings. The van der Waals surface area contributed by atoms with Crippen molar-refractivity contribution in [1.82, 2.24) is 0 Å². The summed E-state index contributed by atoms with van der Waals surface area (Å²) in [5.74, 6) is 0. The van der Waals surface area contributed by atoms with Crippen molar-refractivity contribution in [2.45, 2.75) is 43.5 Å². The Kier molecular flexibility index (Phi) is 3.52. The fourth-order valence-corrected chi connectivity index (χ4v) is 4.44. The second-order valence-corrected chi connectivity index (χ2v) is 7.41. The molecule has 3 nitrogen and oxygen atoms in total. The minimum absolute atomic E-state index is 0.524. The van der Waals surface area contributed by atoms with E-state index in [0.29, 0.717) is 12.8 Å². The van der Waals surface area contributed by atoms with E-state index < -0.39 is 20.7 Å². The third-order valence-electron chi connectivity index (χ3n) is 3.94. The lowest BCUT2D eigenvalue weighted by molar-refractivity contribution is 0.0477. The van der Waals surface area contributed by atoms with E-state index in [-0.39, 0.29) is 0 Å². The summed E-state index contributed by atoms with van der Waals surface area (Å²) >= 11 is 0. The van der Waals surface area contributed by atoms with Crippen LogP contribution in [-0.4, -0.2) is 25.0 Å². The van der Waals surface area contributed by atoms with Crippen molar-refractivity contribution in [2.75, 3.05) is 6.26 Å². The highest BCUT2D eigenvalue weighted by molar-refractivity contribution is 7.91. The molecule has 2 unspecified atom stereocenters. The molecule has 0 saturated heterocycles. The number of aryl methyl sites for hydroxylation is 1. The molecule has 0 heterocycles. The van der Waals surface area contributed by atoms with Gasteiger partial charge in [-0.2, -0.15) is 0 Å². The van der Waals surface area contributed by atoms with Gasteiger partial charge in [0.1, 0.15) is 5.60 Å². The summed E-state index contributed by atoms with van der Waals surface area (Å²) in [4.78, 5) is 0. The summed E-state index contributed by atoms with van der Waals surface area (Å²) < 4.78 is 23.6. The van der Waals surface area contributed by atoms with Crippen molar-refractivity contribution in [1.29, 1.82) is 0 Å². The maximum Gasteiger partial charge on any atom is 0.153 e. The third-order valence-corrected chi connectivity index (χ3v) is 5.60. The number of hydrogen-bond donors (Lipinski definition) is 1. The molecule has 4 heteroatoms. The molecular weight excluding hydrogens is 248 g/mol. The molecule has 18 heavy (non-hydrogen) atoms. The Morgan fingerprint density at radius 2 is 1.94 bits per heavy atom. The summed E-state index contributed by atoms with van der Waals surface area (Å²) in [6.07, 6.45) is 3.98. The Labute approximate surface area is 109 Å². The van der Waals surface area contributed by atoms with Crippen molar-refractivity contribution in [3.63, 3.8) is 0 Å². The van der Waals surface area contributed by atoms with Gasteiger partial charge in [0.15, 0.2) is 9.84 Å². The summed E-state index contributed by atoms with van der Waals surface area (Å²) in [5, 5.41) is 10.1. The van der Waals surface area contributed by atoms with Gasteiger partial charge in [-0.3, -0.25) is 0 Å². The first-order chi connectivity index (χ1) is 8.38. The molecule has 0 radical (unpaired) electrons. The van der Waals surface area contributed by atoms with Crippen molar-refractivity contribution in [3.8, 4) is 0 Å². The van der Waals surface area contributed by atoms with Crippen LogP contribution in [0.5, 0.6) is 0 Å². The zero-order chi connectivity index (χ0) is 13.4. The van der Waals surface area contributed by atoms with Gasteiger partial charge in [0.2, 0.25) is 0 Å². The van der Waals surface area contributed by atoms with Crippen LogP contribution in [0, 0.1) is 0 Å². The van der Waals surface area contributed by atoms with Crippen LogP contribution in [0.4, 0.5) is 0 Å². The Morgan fingerprint density at radius 3 is 2.44 bits per heavy atom. The van der Waals surface area contributed by atoms with E-state index >= 15 is 0 Å². The SMILES string of the molecule is CCc1ccc(C2(O)CCCC2S(C)(=O)=O)cc1. The monoisotopic (exact) mass is 268 g/mol. The molecule has 1 aromatic carbocycles. The molecule has 2 rings (SSSR count). The number of aliphatic hydroxyl groups is 1. The lowest BCUT2D eigenvalue weighted by Gasteiger charge is -2.29. The Morgan fingerprint density at radius 1 is 1.33 bits per heavy atom. The van der Waals surface area contributed by atoms with E-state index in [4.69, 9.17) is 0 Å². The highest BCUT2D eigenvalue weighted by Gasteiger charge is 2.47. The van der Waals surface area contributed by atoms with Crippen molar-refractivity contribution in [2.24, 2.45) is 0 Å². The second kappa shape index (κ2) is 4.67. The van der Waals surface area contributed by atoms with Crippen LogP contribution in [0.1, 0.15) is 37.3 Å². The van der Waals surface area contributed by atoms with Crippen molar-refractivity contribution >= 4 is 9.84 Å². The van der Waals surface area contributed by atoms with Gasteiger partial charge in [-0.15, -0.1) is 0 Å². The third kappa shape index (κ3) is 2.31. The maximum absolute atomic E-state index is 11.8. The molecule has 1 aliphatic carbocycles. The Bertz CT molecular complexity index is 518. The Balaban J connectivity index is 2.40. The van der Waals surface area contributed by atoms with Crippen LogP contribution >= 0.6 is 0 Å². The fourth-order valence-electron chi connectivity index (χ4n) is 2.88. The van der Waals surface area contributed by atoms with E-state index in [1.165, 1.54) is 11.8 Å². The summed E-state index contributed by atoms with van der Waals surface area (Å²) in [6, 6.07) is 7.65. The molecule has 0 amide bonds. The first-order valence-electron chi connectivity index (χ1n) is 6.38. The molecule has 0 aliphatic heterocycles. The number of hydrogen-bond acceptors (Lipinski definition) is 3. The summed E-state index contributed by atoms with van der Waals surface area (Å²) in [5.41, 5.74) is 0.712. The Hall–Kier alpha value is -0.870. The molecule has 1 saturated carbocycles. The van der Waals surface area contributed by atoms with Gasteiger partial charge in [0, 0.05) is 6.26 Å². The average Bonchev–Trinajstić information content (AvgIpc) is 2.72. The smallest absolute Gasteiger partial charge is 0.153 e. The van der Waals surface area contributed by atoms with Crippen LogP contribution in [0.15, 0.2) is 24.3 Å². The fraction of sp³-hybridized carbons (Fsp3) is 0.571. The second-order valence-electron chi connectivity index (χ2n) is 5.19. The number of sulfone groups is 1. The zero-order valence-corrected chi connectivity index (χ0v) is 11.7. The van der Waals surface area contributed by atoms with E-state index in [9.17, 15) is 13.5 Å². The highest BCUT2D eigenvalue weighted by Crippen LogP contribution is 2.42. The summed E-state index contributed by atoms with van der Waals surface area (Å²) in [6.45, 7) is 2.07. The van der Waals surface area contributed by atoms with Crippen molar-refractivity contribution in [3.05, 3.63) is 35.4 Å². The largest absolute Gasteiger partial charge is 0.384 e. The lowest BCUT2D eigenvalue weighted by atomic mass is 9.91. The van der Waals surface area contributed by atoms with Crippen LogP contribution < -0.4 is 0 Å². The molecular formula is C14H20O3S. The topological polar surface area (TPSA) is 54.4 Å². The van der Waals surface area contributed by atoms with Crippen LogP contribution in [0.3, 0.4) is 0 Å². The van der Waals surface area contributed by atoms with Crippen LogP contribution in [0.2, 0.25) is 0 Å². The normalized spacial score (nSPS) is 28.5. The first kappa shape index (κ1) is 13.6. The minimum Gasteiger partial charge on any atom is -0.384 e. The molecule has 1 aromatic rings. The first-order valence-corrected chi connectivity index (χ1v) is 8.34. The molecule has 1 N–H and O–H groups in total. The van der Waals surface area contributed by atoms with Gasteiger partial charge < -0.3 is 5.11 Å². The molecule has 100 valence electrons. The zero-order valence-electron chi connectivity index (χ0n) is 10.9. The standard InChI is InChI=1S/C14H20O3S/c1-3-11-6-8-12(9-7-11)14(15)10-4-5-13(14)18(2,16)17/h6-9,13,15H,3-5,10H2,1-2H3. The molecule has 0 spiro atoms. The highest BCUT2D eigenvalue weighted by atomic mass is 32.2. The van der Waals surface area contributed by atoms with Gasteiger partial charge >= 0.3 is 0 Å².